The molecule has 2 saturated heterocycles. The SMILES string of the molecule is CN(C)C(=O)C1CNCCN1C(=O)C1CCOC1. The number of hydrogen-bond donors (Lipinski definition) is 1. The molecule has 0 spiro atoms. The standard InChI is InChI=1S/C12H21N3O3/c1-14(2)12(17)10-7-13-4-5-15(10)11(16)9-3-6-18-8-9/h9-10,13H,3-8H2,1-2H3. The fourth-order valence-corrected chi connectivity index (χ4v) is 2.45. The van der Waals surface area contributed by atoms with Crippen LogP contribution >= 0.6 is 0 Å². The molecule has 6 heteroatoms. The van der Waals surface area contributed by atoms with Crippen LogP contribution in [-0.4, -0.2) is 74.6 Å². The summed E-state index contributed by atoms with van der Waals surface area (Å²) in [4.78, 5) is 27.7. The van der Waals surface area contributed by atoms with Crippen LogP contribution in [0.1, 0.15) is 6.42 Å². The van der Waals surface area contributed by atoms with E-state index in [9.17, 15) is 9.59 Å². The zero-order chi connectivity index (χ0) is 13.1. The fourth-order valence-electron chi connectivity index (χ4n) is 2.45. The second kappa shape index (κ2) is 5.67. The molecule has 2 unspecified atom stereocenters. The van der Waals surface area contributed by atoms with Gasteiger partial charge in [-0.05, 0) is 6.42 Å². The van der Waals surface area contributed by atoms with E-state index in [-0.39, 0.29) is 23.8 Å². The number of carbonyl (C=O) groups excluding carboxylic acids is 2. The van der Waals surface area contributed by atoms with Crippen LogP contribution in [0.25, 0.3) is 0 Å². The Kier molecular flexibility index (Phi) is 4.19. The molecule has 0 radical (unpaired) electrons. The summed E-state index contributed by atoms with van der Waals surface area (Å²) in [5.74, 6) is -0.0239. The quantitative estimate of drug-likeness (QED) is 0.681. The van der Waals surface area contributed by atoms with Gasteiger partial charge in [0.15, 0.2) is 0 Å². The molecule has 18 heavy (non-hydrogen) atoms. The van der Waals surface area contributed by atoms with Gasteiger partial charge in [-0.3, -0.25) is 9.59 Å². The second-order valence-corrected chi connectivity index (χ2v) is 5.04. The van der Waals surface area contributed by atoms with Gasteiger partial charge in [0, 0.05) is 40.3 Å². The Morgan fingerprint density at radius 1 is 1.39 bits per heavy atom. The molecule has 2 heterocycles. The number of likely N-dealkylation sites (N-methyl/N-ethyl adjacent to an activating group) is 1. The van der Waals surface area contributed by atoms with Gasteiger partial charge in [-0.25, -0.2) is 0 Å². The average molecular weight is 255 g/mol. The summed E-state index contributed by atoms with van der Waals surface area (Å²) in [6.07, 6.45) is 0.769. The van der Waals surface area contributed by atoms with Crippen LogP contribution in [0.4, 0.5) is 0 Å². The van der Waals surface area contributed by atoms with E-state index in [2.05, 4.69) is 5.32 Å². The molecule has 2 aliphatic heterocycles. The molecule has 0 aromatic heterocycles. The van der Waals surface area contributed by atoms with Crippen LogP contribution in [0.3, 0.4) is 0 Å². The number of piperazine rings is 1. The maximum absolute atomic E-state index is 12.4. The number of ether oxygens (including phenoxy) is 1. The van der Waals surface area contributed by atoms with Crippen molar-refractivity contribution in [3.05, 3.63) is 0 Å². The lowest BCUT2D eigenvalue weighted by Gasteiger charge is -2.37. The lowest BCUT2D eigenvalue weighted by Crippen LogP contribution is -2.60. The van der Waals surface area contributed by atoms with Gasteiger partial charge in [-0.15, -0.1) is 0 Å². The third-order valence-electron chi connectivity index (χ3n) is 3.53. The second-order valence-electron chi connectivity index (χ2n) is 5.04. The van der Waals surface area contributed by atoms with Gasteiger partial charge in [0.2, 0.25) is 11.8 Å². The van der Waals surface area contributed by atoms with E-state index in [1.807, 2.05) is 0 Å². The minimum absolute atomic E-state index is 0.0190. The Hall–Kier alpha value is -1.14. The Morgan fingerprint density at radius 2 is 2.17 bits per heavy atom. The topological polar surface area (TPSA) is 61.9 Å². The fraction of sp³-hybridized carbons (Fsp3) is 0.833. The molecule has 2 amide bonds. The van der Waals surface area contributed by atoms with E-state index in [1.165, 1.54) is 0 Å². The molecule has 0 aromatic carbocycles. The van der Waals surface area contributed by atoms with Gasteiger partial charge >= 0.3 is 0 Å². The van der Waals surface area contributed by atoms with Crippen molar-refractivity contribution >= 4 is 11.8 Å². The van der Waals surface area contributed by atoms with E-state index in [0.717, 1.165) is 13.0 Å². The highest BCUT2D eigenvalue weighted by atomic mass is 16.5. The first-order valence-corrected chi connectivity index (χ1v) is 6.41. The molecule has 6 nitrogen and oxygen atoms in total. The van der Waals surface area contributed by atoms with Gasteiger partial charge in [0.1, 0.15) is 6.04 Å². The number of amides is 2. The highest BCUT2D eigenvalue weighted by Gasteiger charge is 2.37. The van der Waals surface area contributed by atoms with Crippen LogP contribution in [0.15, 0.2) is 0 Å². The summed E-state index contributed by atoms with van der Waals surface area (Å²) in [7, 11) is 3.44. The molecule has 2 atom stereocenters. The minimum Gasteiger partial charge on any atom is -0.381 e. The Morgan fingerprint density at radius 3 is 2.78 bits per heavy atom. The first-order valence-electron chi connectivity index (χ1n) is 6.41. The summed E-state index contributed by atoms with van der Waals surface area (Å²) < 4.78 is 5.25. The van der Waals surface area contributed by atoms with Gasteiger partial charge in [-0.1, -0.05) is 0 Å². The van der Waals surface area contributed by atoms with E-state index < -0.39 is 0 Å². The average Bonchev–Trinajstić information content (AvgIpc) is 2.90. The predicted molar refractivity (Wildman–Crippen MR) is 66.0 cm³/mol. The number of rotatable bonds is 2. The minimum atomic E-state index is -0.373. The van der Waals surface area contributed by atoms with E-state index in [4.69, 9.17) is 4.74 Å². The molecule has 102 valence electrons. The third-order valence-corrected chi connectivity index (χ3v) is 3.53. The van der Waals surface area contributed by atoms with Crippen molar-refractivity contribution in [3.63, 3.8) is 0 Å². The van der Waals surface area contributed by atoms with Crippen LogP contribution in [-0.2, 0) is 14.3 Å². The molecule has 0 saturated carbocycles. The summed E-state index contributed by atoms with van der Waals surface area (Å²) in [5, 5.41) is 3.17. The van der Waals surface area contributed by atoms with Crippen LogP contribution in [0.5, 0.6) is 0 Å². The van der Waals surface area contributed by atoms with Crippen molar-refractivity contribution in [2.24, 2.45) is 5.92 Å². The molecule has 0 bridgehead atoms. The number of nitrogens with one attached hydrogen (secondary N) is 1. The van der Waals surface area contributed by atoms with Crippen molar-refractivity contribution < 1.29 is 14.3 Å². The maximum Gasteiger partial charge on any atom is 0.246 e. The lowest BCUT2D eigenvalue weighted by molar-refractivity contribution is -0.148. The first kappa shape index (κ1) is 13.3. The molecule has 2 rings (SSSR count). The molecule has 2 aliphatic rings. The number of hydrogen-bond acceptors (Lipinski definition) is 4. The Balaban J connectivity index is 2.07. The number of nitrogens with zero attached hydrogens (tertiary/aromatic N) is 2. The van der Waals surface area contributed by atoms with Crippen molar-refractivity contribution in [1.82, 2.24) is 15.1 Å². The normalized spacial score (nSPS) is 28.2. The molecule has 1 N–H and O–H groups in total. The zero-order valence-electron chi connectivity index (χ0n) is 11.0. The monoisotopic (exact) mass is 255 g/mol. The summed E-state index contributed by atoms with van der Waals surface area (Å²) in [6, 6.07) is -0.373. The smallest absolute Gasteiger partial charge is 0.246 e. The molecular weight excluding hydrogens is 234 g/mol. The molecule has 2 fully saturated rings. The van der Waals surface area contributed by atoms with E-state index in [0.29, 0.717) is 26.3 Å². The van der Waals surface area contributed by atoms with Crippen molar-refractivity contribution in [2.45, 2.75) is 12.5 Å². The summed E-state index contributed by atoms with van der Waals surface area (Å²) in [5.41, 5.74) is 0. The third kappa shape index (κ3) is 2.64. The van der Waals surface area contributed by atoms with Crippen molar-refractivity contribution in [1.29, 1.82) is 0 Å². The summed E-state index contributed by atoms with van der Waals surface area (Å²) >= 11 is 0. The zero-order valence-corrected chi connectivity index (χ0v) is 11.0. The van der Waals surface area contributed by atoms with Crippen LogP contribution in [0.2, 0.25) is 0 Å². The number of carbonyl (C=O) groups is 2. The van der Waals surface area contributed by atoms with E-state index in [1.54, 1.807) is 23.9 Å². The van der Waals surface area contributed by atoms with Gasteiger partial charge in [-0.2, -0.15) is 0 Å². The predicted octanol–water partition coefficient (Wildman–Crippen LogP) is -1.09. The Bertz CT molecular complexity index is 327. The van der Waals surface area contributed by atoms with Crippen molar-refractivity contribution in [3.8, 4) is 0 Å². The first-order chi connectivity index (χ1) is 8.61. The van der Waals surface area contributed by atoms with Crippen molar-refractivity contribution in [2.75, 3.05) is 46.9 Å². The van der Waals surface area contributed by atoms with Gasteiger partial charge in [0.25, 0.3) is 0 Å². The molecular formula is C12H21N3O3. The Labute approximate surface area is 107 Å². The van der Waals surface area contributed by atoms with Gasteiger partial charge < -0.3 is 19.9 Å². The van der Waals surface area contributed by atoms with Crippen LogP contribution in [0, 0.1) is 5.92 Å². The molecule has 0 aliphatic carbocycles. The molecule has 0 aromatic rings. The lowest BCUT2D eigenvalue weighted by atomic mass is 10.0. The highest BCUT2D eigenvalue weighted by Crippen LogP contribution is 2.18. The van der Waals surface area contributed by atoms with Crippen LogP contribution < -0.4 is 5.32 Å². The highest BCUT2D eigenvalue weighted by molar-refractivity contribution is 5.89. The maximum atomic E-state index is 12.4. The summed E-state index contributed by atoms with van der Waals surface area (Å²) in [6.45, 7) is 3.02. The largest absolute Gasteiger partial charge is 0.381 e. The van der Waals surface area contributed by atoms with Gasteiger partial charge in [0.05, 0.1) is 12.5 Å². The van der Waals surface area contributed by atoms with E-state index >= 15 is 0 Å².